The van der Waals surface area contributed by atoms with Crippen molar-refractivity contribution in [2.75, 3.05) is 0 Å². The van der Waals surface area contributed by atoms with E-state index in [-0.39, 0.29) is 17.5 Å². The highest BCUT2D eigenvalue weighted by Crippen LogP contribution is 2.40. The van der Waals surface area contributed by atoms with Crippen LogP contribution in [0.2, 0.25) is 11.1 Å². The van der Waals surface area contributed by atoms with Crippen molar-refractivity contribution in [2.45, 2.75) is 64.6 Å². The summed E-state index contributed by atoms with van der Waals surface area (Å²) in [5.41, 5.74) is -0.293. The maximum absolute atomic E-state index is 11.1. The Morgan fingerprint density at radius 3 is 2.00 bits per heavy atom. The van der Waals surface area contributed by atoms with Gasteiger partial charge in [-0.2, -0.15) is 0 Å². The smallest absolute Gasteiger partial charge is 0.295 e. The summed E-state index contributed by atoms with van der Waals surface area (Å²) in [5.74, 6) is -0.699. The molecule has 0 heterocycles. The lowest BCUT2D eigenvalue weighted by Crippen LogP contribution is -2.46. The number of carbonyl (C=O) groups excluding carboxylic acids is 1. The van der Waals surface area contributed by atoms with E-state index in [2.05, 4.69) is 5.18 Å². The van der Waals surface area contributed by atoms with Crippen LogP contribution < -0.4 is 0 Å². The third-order valence-electron chi connectivity index (χ3n) is 2.69. The zero-order valence-corrected chi connectivity index (χ0v) is 13.2. The number of halogens is 1. The van der Waals surface area contributed by atoms with Gasteiger partial charge in [-0.3, -0.25) is 4.79 Å². The lowest BCUT2D eigenvalue weighted by atomic mass is 10.1. The summed E-state index contributed by atoms with van der Waals surface area (Å²) in [4.78, 5) is 21.2. The molecule has 0 aliphatic rings. The number of hydrogen-bond donors (Lipinski definition) is 0. The molecule has 100 valence electrons. The molecule has 0 unspecified atom stereocenters. The van der Waals surface area contributed by atoms with E-state index in [4.69, 9.17) is 15.5 Å². The largest absolute Gasteiger partial charge is 0.397 e. The number of carbonyl (C=O) groups is 1. The van der Waals surface area contributed by atoms with Crippen LogP contribution in [-0.4, -0.2) is 19.1 Å². The summed E-state index contributed by atoms with van der Waals surface area (Å²) in [6.07, 6.45) is -0.0303. The maximum atomic E-state index is 11.1. The van der Waals surface area contributed by atoms with E-state index in [0.717, 1.165) is 0 Å². The van der Waals surface area contributed by atoms with Crippen LogP contribution >= 0.6 is 11.1 Å². The minimum Gasteiger partial charge on any atom is -0.397 e. The molecular weight excluding hydrogens is 258 g/mol. The number of nitroso groups, excluding NO2 is 1. The van der Waals surface area contributed by atoms with E-state index in [1.807, 2.05) is 27.7 Å². The molecule has 0 saturated carbocycles. The van der Waals surface area contributed by atoms with Crippen molar-refractivity contribution < 1.29 is 9.22 Å². The minimum absolute atomic E-state index is 0.0303. The summed E-state index contributed by atoms with van der Waals surface area (Å²) in [6, 6.07) is 0. The molecule has 17 heavy (non-hydrogen) atoms. The lowest BCUT2D eigenvalue weighted by Gasteiger charge is -2.39. The fourth-order valence-corrected chi connectivity index (χ4v) is 5.11. The average molecular weight is 280 g/mol. The zero-order chi connectivity index (χ0) is 13.9. The molecular formula is C11H22ClNO3Si. The second kappa shape index (κ2) is 6.07. The number of amides is 1. The highest BCUT2D eigenvalue weighted by Gasteiger charge is 2.45. The second-order valence-corrected chi connectivity index (χ2v) is 11.2. The van der Waals surface area contributed by atoms with Gasteiger partial charge >= 0.3 is 0 Å². The number of hydrogen-bond acceptors (Lipinski definition) is 3. The topological polar surface area (TPSA) is 55.7 Å². The van der Waals surface area contributed by atoms with Crippen LogP contribution in [0.25, 0.3) is 0 Å². The van der Waals surface area contributed by atoms with Gasteiger partial charge in [0.1, 0.15) is 0 Å². The highest BCUT2D eigenvalue weighted by atomic mass is 35.6. The van der Waals surface area contributed by atoms with Crippen LogP contribution in [0.15, 0.2) is 5.18 Å². The van der Waals surface area contributed by atoms with Crippen LogP contribution in [0.1, 0.15) is 48.0 Å². The van der Waals surface area contributed by atoms with Crippen molar-refractivity contribution >= 4 is 24.6 Å². The molecule has 0 radical (unpaired) electrons. The molecule has 0 atom stereocenters. The Kier molecular flexibility index (Phi) is 5.97. The molecule has 4 nitrogen and oxygen atoms in total. The van der Waals surface area contributed by atoms with E-state index in [0.29, 0.717) is 0 Å². The van der Waals surface area contributed by atoms with Gasteiger partial charge in [0, 0.05) is 5.18 Å². The molecule has 0 aliphatic carbocycles. The second-order valence-electron chi connectivity index (χ2n) is 5.53. The Hall–Kier alpha value is -0.263. The number of rotatable bonds is 6. The first-order valence-corrected chi connectivity index (χ1v) is 8.88. The summed E-state index contributed by atoms with van der Waals surface area (Å²) in [7, 11) is -2.44. The van der Waals surface area contributed by atoms with Crippen molar-refractivity contribution in [1.29, 1.82) is 0 Å². The quantitative estimate of drug-likeness (QED) is 0.420. The molecule has 0 bridgehead atoms. The standard InChI is InChI=1S/C11H22ClNO3Si/c1-8(2)17(12,9(3)4)16-11(5,6)7-10(14)13-15/h8-9H,7H2,1-6H3. The van der Waals surface area contributed by atoms with Crippen LogP contribution in [0.5, 0.6) is 0 Å². The van der Waals surface area contributed by atoms with Crippen molar-refractivity contribution in [1.82, 2.24) is 0 Å². The van der Waals surface area contributed by atoms with Gasteiger partial charge in [0.15, 0.2) is 0 Å². The van der Waals surface area contributed by atoms with Gasteiger partial charge in [0.25, 0.3) is 13.5 Å². The SMILES string of the molecule is CC(C)[Si](Cl)(OC(C)(C)CC(=O)N=O)C(C)C. The zero-order valence-electron chi connectivity index (χ0n) is 11.4. The average Bonchev–Trinajstić information content (AvgIpc) is 2.15. The molecule has 0 aliphatic heterocycles. The van der Waals surface area contributed by atoms with Crippen LogP contribution in [0.3, 0.4) is 0 Å². The predicted molar refractivity (Wildman–Crippen MR) is 72.4 cm³/mol. The van der Waals surface area contributed by atoms with Gasteiger partial charge in [0.05, 0.1) is 12.0 Å². The van der Waals surface area contributed by atoms with Crippen LogP contribution in [0.4, 0.5) is 0 Å². The fraction of sp³-hybridized carbons (Fsp3) is 0.909. The Labute approximate surface area is 109 Å². The van der Waals surface area contributed by atoms with Gasteiger partial charge in [-0.25, -0.2) is 0 Å². The lowest BCUT2D eigenvalue weighted by molar-refractivity contribution is -0.121. The van der Waals surface area contributed by atoms with Gasteiger partial charge < -0.3 is 4.43 Å². The molecule has 0 aromatic heterocycles. The summed E-state index contributed by atoms with van der Waals surface area (Å²) in [5, 5.41) is 2.40. The Morgan fingerprint density at radius 1 is 1.29 bits per heavy atom. The summed E-state index contributed by atoms with van der Waals surface area (Å²) < 4.78 is 6.01. The van der Waals surface area contributed by atoms with Gasteiger partial charge in [-0.05, 0) is 24.9 Å². The monoisotopic (exact) mass is 279 g/mol. The molecule has 0 saturated heterocycles. The van der Waals surface area contributed by atoms with Crippen LogP contribution in [0, 0.1) is 4.91 Å². The van der Waals surface area contributed by atoms with E-state index < -0.39 is 19.1 Å². The normalized spacial score (nSPS) is 13.2. The number of nitrogens with zero attached hydrogens (tertiary/aromatic N) is 1. The Balaban J connectivity index is 4.87. The highest BCUT2D eigenvalue weighted by molar-refractivity contribution is 7.18. The summed E-state index contributed by atoms with van der Waals surface area (Å²) in [6.45, 7) is 11.6. The third kappa shape index (κ3) is 4.85. The van der Waals surface area contributed by atoms with E-state index in [1.54, 1.807) is 13.8 Å². The Bertz CT molecular complexity index is 284. The third-order valence-corrected chi connectivity index (χ3v) is 9.55. The van der Waals surface area contributed by atoms with E-state index in [1.165, 1.54) is 0 Å². The maximum Gasteiger partial charge on any atom is 0.295 e. The first-order valence-electron chi connectivity index (χ1n) is 5.80. The minimum atomic E-state index is -2.44. The molecule has 0 rings (SSSR count). The van der Waals surface area contributed by atoms with Gasteiger partial charge in [0.2, 0.25) is 0 Å². The molecule has 0 fully saturated rings. The molecule has 6 heteroatoms. The molecule has 1 amide bonds. The van der Waals surface area contributed by atoms with Crippen molar-refractivity contribution in [3.8, 4) is 0 Å². The fourth-order valence-electron chi connectivity index (χ4n) is 1.76. The molecule has 0 spiro atoms. The first-order chi connectivity index (χ1) is 7.55. The van der Waals surface area contributed by atoms with Gasteiger partial charge in [-0.15, -0.1) is 16.0 Å². The van der Waals surface area contributed by atoms with Crippen molar-refractivity contribution in [2.24, 2.45) is 5.18 Å². The molecule has 0 N–H and O–H groups in total. The van der Waals surface area contributed by atoms with E-state index in [9.17, 15) is 9.70 Å². The molecule has 0 aromatic carbocycles. The van der Waals surface area contributed by atoms with Crippen molar-refractivity contribution in [3.05, 3.63) is 4.91 Å². The van der Waals surface area contributed by atoms with Gasteiger partial charge in [-0.1, -0.05) is 27.7 Å². The first kappa shape index (κ1) is 16.7. The van der Waals surface area contributed by atoms with E-state index >= 15 is 0 Å². The molecule has 0 aromatic rings. The predicted octanol–water partition coefficient (Wildman–Crippen LogP) is 3.97. The van der Waals surface area contributed by atoms with Crippen molar-refractivity contribution in [3.63, 3.8) is 0 Å². The Morgan fingerprint density at radius 2 is 1.71 bits per heavy atom. The summed E-state index contributed by atoms with van der Waals surface area (Å²) >= 11 is 6.62. The van der Waals surface area contributed by atoms with Crippen LogP contribution in [-0.2, 0) is 9.22 Å².